The van der Waals surface area contributed by atoms with E-state index in [-0.39, 0.29) is 29.0 Å². The van der Waals surface area contributed by atoms with Crippen LogP contribution in [0.2, 0.25) is 18.1 Å². The second kappa shape index (κ2) is 12.2. The van der Waals surface area contributed by atoms with Gasteiger partial charge in [-0.3, -0.25) is 4.18 Å². The lowest BCUT2D eigenvalue weighted by atomic mass is 10.1. The Morgan fingerprint density at radius 2 is 1.83 bits per heavy atom. The molecule has 1 aromatic carbocycles. The average Bonchev–Trinajstić information content (AvgIpc) is 3.61. The van der Waals surface area contributed by atoms with Crippen LogP contribution in [0.1, 0.15) is 77.1 Å². The van der Waals surface area contributed by atoms with E-state index in [0.29, 0.717) is 12.8 Å². The van der Waals surface area contributed by atoms with Crippen molar-refractivity contribution < 1.29 is 17.0 Å². The molecule has 41 heavy (non-hydrogen) atoms. The van der Waals surface area contributed by atoms with Gasteiger partial charge in [0.15, 0.2) is 8.32 Å². The lowest BCUT2D eigenvalue weighted by Crippen LogP contribution is -2.46. The van der Waals surface area contributed by atoms with Gasteiger partial charge in [-0.25, -0.2) is 9.97 Å². The first-order chi connectivity index (χ1) is 19.3. The zero-order valence-corrected chi connectivity index (χ0v) is 27.0. The van der Waals surface area contributed by atoms with Gasteiger partial charge in [0.1, 0.15) is 23.9 Å². The van der Waals surface area contributed by atoms with Crippen LogP contribution in [0.3, 0.4) is 0 Å². The van der Waals surface area contributed by atoms with Crippen LogP contribution in [0.5, 0.6) is 0 Å². The molecule has 0 saturated heterocycles. The fourth-order valence-electron chi connectivity index (χ4n) is 5.45. The third-order valence-electron chi connectivity index (χ3n) is 8.65. The number of anilines is 1. The Kier molecular flexibility index (Phi) is 9.28. The van der Waals surface area contributed by atoms with Crippen molar-refractivity contribution in [1.29, 1.82) is 5.26 Å². The van der Waals surface area contributed by atoms with Gasteiger partial charge in [-0.05, 0) is 67.9 Å². The van der Waals surface area contributed by atoms with E-state index in [1.807, 2.05) is 6.20 Å². The first-order valence-corrected chi connectivity index (χ1v) is 18.8. The van der Waals surface area contributed by atoms with E-state index < -0.39 is 24.5 Å². The van der Waals surface area contributed by atoms with E-state index >= 15 is 0 Å². The summed E-state index contributed by atoms with van der Waals surface area (Å²) >= 11 is 0. The van der Waals surface area contributed by atoms with Crippen LogP contribution in [0.15, 0.2) is 42.9 Å². The number of benzene rings is 1. The van der Waals surface area contributed by atoms with Crippen LogP contribution in [-0.4, -0.2) is 49.2 Å². The molecule has 2 aromatic heterocycles. The molecule has 3 aromatic rings. The SMILES string of the molecule is CC#N.CCS(=O)(=O)O[C@H]1C[C@H](n2ccc3c(N[C@H]4CCc5ccccc54)ncnc32)C[C@@H]1O[Si](C)(C)C(C)(C)C. The largest absolute Gasteiger partial charge is 0.411 e. The van der Waals surface area contributed by atoms with E-state index in [0.717, 1.165) is 29.7 Å². The number of hydrogen-bond acceptors (Lipinski definition) is 8. The van der Waals surface area contributed by atoms with E-state index in [2.05, 4.69) is 84.0 Å². The summed E-state index contributed by atoms with van der Waals surface area (Å²) in [5.74, 6) is 0.767. The number of fused-ring (bicyclic) bond motifs is 2. The standard InChI is InChI=1S/C28H40N4O4SSi.C2H3N/c1-7-37(33,34)35-24-16-20(17-25(24)36-38(5,6)28(2,3)4)32-15-14-22-26(29-18-30-27(22)32)31-23-13-12-19-10-8-9-11-21(19)23;1-2-3/h8-11,14-15,18,20,23-25H,7,12-13,16-17H2,1-6H3,(H,29,30,31);1H3/t20-,23-,24-,25-;/m0./s1. The van der Waals surface area contributed by atoms with Crippen molar-refractivity contribution in [2.75, 3.05) is 11.1 Å². The quantitative estimate of drug-likeness (QED) is 0.230. The number of aromatic nitrogens is 3. The fraction of sp³-hybridized carbons (Fsp3) is 0.567. The van der Waals surface area contributed by atoms with E-state index in [9.17, 15) is 8.42 Å². The molecule has 1 saturated carbocycles. The molecule has 4 atom stereocenters. The highest BCUT2D eigenvalue weighted by molar-refractivity contribution is 7.86. The zero-order chi connectivity index (χ0) is 30.0. The summed E-state index contributed by atoms with van der Waals surface area (Å²) in [5, 5.41) is 11.9. The van der Waals surface area contributed by atoms with Gasteiger partial charge in [0, 0.05) is 19.2 Å². The van der Waals surface area contributed by atoms with Gasteiger partial charge in [0.25, 0.3) is 10.1 Å². The summed E-state index contributed by atoms with van der Waals surface area (Å²) in [5.41, 5.74) is 3.56. The van der Waals surface area contributed by atoms with Gasteiger partial charge >= 0.3 is 0 Å². The van der Waals surface area contributed by atoms with Crippen molar-refractivity contribution in [3.63, 3.8) is 0 Å². The molecule has 5 rings (SSSR count). The molecule has 222 valence electrons. The monoisotopic (exact) mass is 597 g/mol. The molecule has 1 fully saturated rings. The number of nitrogens with zero attached hydrogens (tertiary/aromatic N) is 4. The summed E-state index contributed by atoms with van der Waals surface area (Å²) in [6, 6.07) is 12.6. The maximum Gasteiger partial charge on any atom is 0.267 e. The van der Waals surface area contributed by atoms with Crippen molar-refractivity contribution in [2.24, 2.45) is 0 Å². The number of hydrogen-bond donors (Lipinski definition) is 1. The molecule has 0 amide bonds. The van der Waals surface area contributed by atoms with Crippen molar-refractivity contribution in [1.82, 2.24) is 14.5 Å². The molecule has 0 spiro atoms. The molecule has 1 N–H and O–H groups in total. The summed E-state index contributed by atoms with van der Waals surface area (Å²) in [7, 11) is -5.76. The summed E-state index contributed by atoms with van der Waals surface area (Å²) < 4.78 is 39.5. The molecular formula is C30H43N5O4SSi. The highest BCUT2D eigenvalue weighted by atomic mass is 32.2. The van der Waals surface area contributed by atoms with Crippen molar-refractivity contribution >= 4 is 35.3 Å². The highest BCUT2D eigenvalue weighted by Gasteiger charge is 2.46. The van der Waals surface area contributed by atoms with Crippen LogP contribution < -0.4 is 5.32 Å². The molecular weight excluding hydrogens is 555 g/mol. The Balaban J connectivity index is 0.00000124. The maximum atomic E-state index is 12.5. The number of aryl methyl sites for hydroxylation is 1. The van der Waals surface area contributed by atoms with Crippen LogP contribution in [-0.2, 0) is 25.1 Å². The topological polar surface area (TPSA) is 119 Å². The molecule has 0 aliphatic heterocycles. The number of nitriles is 1. The number of nitrogens with one attached hydrogen (secondary N) is 1. The van der Waals surface area contributed by atoms with E-state index in [4.69, 9.17) is 13.9 Å². The predicted octanol–water partition coefficient (Wildman–Crippen LogP) is 6.52. The molecule has 2 aliphatic rings. The minimum Gasteiger partial charge on any atom is -0.411 e. The lowest BCUT2D eigenvalue weighted by molar-refractivity contribution is 0.0722. The summed E-state index contributed by atoms with van der Waals surface area (Å²) in [4.78, 5) is 9.23. The Morgan fingerprint density at radius 1 is 1.15 bits per heavy atom. The smallest absolute Gasteiger partial charge is 0.267 e. The van der Waals surface area contributed by atoms with Crippen molar-refractivity contribution in [3.05, 3.63) is 54.0 Å². The van der Waals surface area contributed by atoms with Crippen LogP contribution >= 0.6 is 0 Å². The van der Waals surface area contributed by atoms with Crippen LogP contribution in [0, 0.1) is 11.3 Å². The van der Waals surface area contributed by atoms with Crippen molar-refractivity contribution in [3.8, 4) is 6.07 Å². The molecule has 11 heteroatoms. The van der Waals surface area contributed by atoms with Crippen molar-refractivity contribution in [2.45, 2.75) is 103 Å². The van der Waals surface area contributed by atoms with E-state index in [1.54, 1.807) is 19.3 Å². The Morgan fingerprint density at radius 3 is 2.51 bits per heavy atom. The first kappa shape index (κ1) is 31.2. The Labute approximate surface area is 245 Å². The minimum absolute atomic E-state index is 0.00602. The van der Waals surface area contributed by atoms with Gasteiger partial charge in [-0.15, -0.1) is 0 Å². The van der Waals surface area contributed by atoms with Crippen LogP contribution in [0.25, 0.3) is 11.0 Å². The van der Waals surface area contributed by atoms with E-state index in [1.165, 1.54) is 18.1 Å². The third kappa shape index (κ3) is 6.83. The first-order valence-electron chi connectivity index (χ1n) is 14.4. The molecule has 2 heterocycles. The molecule has 9 nitrogen and oxygen atoms in total. The van der Waals surface area contributed by atoms with Gasteiger partial charge in [0.2, 0.25) is 0 Å². The third-order valence-corrected chi connectivity index (χ3v) is 14.4. The molecule has 0 bridgehead atoms. The summed E-state index contributed by atoms with van der Waals surface area (Å²) in [6.07, 6.45) is 6.14. The molecule has 0 radical (unpaired) electrons. The van der Waals surface area contributed by atoms with Gasteiger partial charge in [-0.2, -0.15) is 13.7 Å². The zero-order valence-electron chi connectivity index (χ0n) is 25.2. The Bertz CT molecular complexity index is 1510. The van der Waals surface area contributed by atoms with Crippen LogP contribution in [0.4, 0.5) is 5.82 Å². The Hall–Kier alpha value is -2.78. The van der Waals surface area contributed by atoms with Gasteiger partial charge in [-0.1, -0.05) is 45.0 Å². The normalized spacial score (nSPS) is 22.6. The second-order valence-electron chi connectivity index (χ2n) is 12.4. The minimum atomic E-state index is -3.62. The highest BCUT2D eigenvalue weighted by Crippen LogP contribution is 2.44. The average molecular weight is 598 g/mol. The predicted molar refractivity (Wildman–Crippen MR) is 165 cm³/mol. The molecule has 2 aliphatic carbocycles. The fourth-order valence-corrected chi connectivity index (χ4v) is 7.53. The number of rotatable bonds is 8. The second-order valence-corrected chi connectivity index (χ2v) is 19.0. The van der Waals surface area contributed by atoms with Gasteiger partial charge in [0.05, 0.1) is 29.4 Å². The lowest BCUT2D eigenvalue weighted by Gasteiger charge is -2.39. The van der Waals surface area contributed by atoms with Gasteiger partial charge < -0.3 is 14.3 Å². The maximum absolute atomic E-state index is 12.5. The molecule has 0 unspecified atom stereocenters. The summed E-state index contributed by atoms with van der Waals surface area (Å²) in [6.45, 7) is 14.0.